The molecule has 0 aliphatic heterocycles. The van der Waals surface area contributed by atoms with E-state index in [9.17, 15) is 4.79 Å². The molecule has 0 aromatic carbocycles. The van der Waals surface area contributed by atoms with Gasteiger partial charge in [0.2, 0.25) is 0 Å². The summed E-state index contributed by atoms with van der Waals surface area (Å²) in [4.78, 5) is 13.2. The van der Waals surface area contributed by atoms with Crippen LogP contribution in [0.3, 0.4) is 0 Å². The van der Waals surface area contributed by atoms with E-state index in [-0.39, 0.29) is 10.8 Å². The molecular formula is C32H50O. The van der Waals surface area contributed by atoms with E-state index < -0.39 is 0 Å². The van der Waals surface area contributed by atoms with E-state index in [2.05, 4.69) is 67.2 Å². The van der Waals surface area contributed by atoms with E-state index in [1.54, 1.807) is 16.7 Å². The zero-order valence-electron chi connectivity index (χ0n) is 22.7. The minimum absolute atomic E-state index is 0.141. The van der Waals surface area contributed by atoms with Crippen LogP contribution < -0.4 is 0 Å². The van der Waals surface area contributed by atoms with Crippen molar-refractivity contribution >= 4 is 5.78 Å². The Morgan fingerprint density at radius 1 is 1.12 bits per heavy atom. The normalized spacial score (nSPS) is 38.5. The van der Waals surface area contributed by atoms with Crippen molar-refractivity contribution in [2.24, 2.45) is 45.8 Å². The Hall–Kier alpha value is -1.11. The Kier molecular flexibility index (Phi) is 6.69. The highest BCUT2D eigenvalue weighted by molar-refractivity contribution is 5.86. The largest absolute Gasteiger partial charge is 0.299 e. The van der Waals surface area contributed by atoms with Crippen molar-refractivity contribution in [1.29, 1.82) is 0 Å². The molecule has 0 aromatic rings. The average Bonchev–Trinajstić information content (AvgIpc) is 3.09. The van der Waals surface area contributed by atoms with E-state index >= 15 is 0 Å². The molecule has 0 saturated heterocycles. The monoisotopic (exact) mass is 450 g/mol. The van der Waals surface area contributed by atoms with Gasteiger partial charge in [0, 0.05) is 11.8 Å². The zero-order chi connectivity index (χ0) is 24.2. The van der Waals surface area contributed by atoms with Crippen LogP contribution in [0.4, 0.5) is 0 Å². The summed E-state index contributed by atoms with van der Waals surface area (Å²) < 4.78 is 0. The van der Waals surface area contributed by atoms with Gasteiger partial charge in [-0.25, -0.2) is 0 Å². The molecule has 1 saturated carbocycles. The Balaban J connectivity index is 1.66. The maximum Gasteiger partial charge on any atom is 0.139 e. The molecule has 0 radical (unpaired) electrons. The van der Waals surface area contributed by atoms with Gasteiger partial charge >= 0.3 is 0 Å². The molecule has 0 spiro atoms. The lowest BCUT2D eigenvalue weighted by atomic mass is 9.43. The standard InChI is InChI=1S/C32H50O/c1-9-11-23-20-29(33)30(5,6)28-17-14-24-26-16-15-25(22(4)13-10-12-21(2)3)31(26,7)19-18-27(24)32(23,28)8/h9,16,21-23,25,28H,1,10-15,17-20H2,2-8H3/t22-,23?,25-,28+,31-,32-/m1/s1. The third kappa shape index (κ3) is 3.84. The van der Waals surface area contributed by atoms with Crippen molar-refractivity contribution in [1.82, 2.24) is 0 Å². The second-order valence-electron chi connectivity index (χ2n) is 13.6. The molecule has 0 heterocycles. The van der Waals surface area contributed by atoms with Crippen molar-refractivity contribution in [3.05, 3.63) is 35.5 Å². The first-order chi connectivity index (χ1) is 15.5. The molecule has 0 N–H and O–H groups in total. The number of carbonyl (C=O) groups is 1. The molecule has 0 aromatic heterocycles. The fourth-order valence-corrected chi connectivity index (χ4v) is 9.08. The van der Waals surface area contributed by atoms with E-state index in [0.717, 1.165) is 30.6 Å². The van der Waals surface area contributed by atoms with Gasteiger partial charge in [-0.3, -0.25) is 4.79 Å². The van der Waals surface area contributed by atoms with Crippen LogP contribution in [0.5, 0.6) is 0 Å². The summed E-state index contributed by atoms with van der Waals surface area (Å²) >= 11 is 0. The lowest BCUT2D eigenvalue weighted by Crippen LogP contribution is -2.55. The van der Waals surface area contributed by atoms with Crippen LogP contribution in [0.25, 0.3) is 0 Å². The lowest BCUT2D eigenvalue weighted by Gasteiger charge is -2.60. The minimum atomic E-state index is -0.205. The highest BCUT2D eigenvalue weighted by atomic mass is 16.1. The van der Waals surface area contributed by atoms with Gasteiger partial charge in [0.05, 0.1) is 0 Å². The van der Waals surface area contributed by atoms with Crippen LogP contribution in [0.1, 0.15) is 113 Å². The number of fused-ring (bicyclic) bond motifs is 4. The van der Waals surface area contributed by atoms with Gasteiger partial charge in [-0.15, -0.1) is 6.58 Å². The van der Waals surface area contributed by atoms with E-state index in [4.69, 9.17) is 0 Å². The van der Waals surface area contributed by atoms with Crippen molar-refractivity contribution in [3.8, 4) is 0 Å². The van der Waals surface area contributed by atoms with Crippen molar-refractivity contribution < 1.29 is 4.79 Å². The van der Waals surface area contributed by atoms with Gasteiger partial charge in [-0.1, -0.05) is 85.5 Å². The summed E-state index contributed by atoms with van der Waals surface area (Å²) in [5.74, 6) is 3.79. The van der Waals surface area contributed by atoms with Gasteiger partial charge in [0.25, 0.3) is 0 Å². The molecule has 1 heteroatoms. The molecule has 0 bridgehead atoms. The fourth-order valence-electron chi connectivity index (χ4n) is 9.08. The highest BCUT2D eigenvalue weighted by Gasteiger charge is 2.60. The summed E-state index contributed by atoms with van der Waals surface area (Å²) in [5.41, 5.74) is 5.47. The summed E-state index contributed by atoms with van der Waals surface area (Å²) in [6, 6.07) is 0. The van der Waals surface area contributed by atoms with Gasteiger partial charge in [-0.05, 0) is 90.1 Å². The van der Waals surface area contributed by atoms with Gasteiger partial charge in [0.1, 0.15) is 5.78 Å². The molecule has 1 unspecified atom stereocenters. The Morgan fingerprint density at radius 3 is 2.52 bits per heavy atom. The second-order valence-corrected chi connectivity index (χ2v) is 13.6. The predicted molar refractivity (Wildman–Crippen MR) is 141 cm³/mol. The first-order valence-corrected chi connectivity index (χ1v) is 14.1. The number of allylic oxidation sites excluding steroid dienone is 5. The van der Waals surface area contributed by atoms with Crippen LogP contribution >= 0.6 is 0 Å². The van der Waals surface area contributed by atoms with Crippen molar-refractivity contribution in [3.63, 3.8) is 0 Å². The molecule has 1 nitrogen and oxygen atoms in total. The smallest absolute Gasteiger partial charge is 0.139 e. The van der Waals surface area contributed by atoms with Crippen LogP contribution in [0.15, 0.2) is 35.5 Å². The third-order valence-corrected chi connectivity index (χ3v) is 11.1. The summed E-state index contributed by atoms with van der Waals surface area (Å²) in [6.07, 6.45) is 16.7. The number of rotatable bonds is 7. The maximum absolute atomic E-state index is 13.2. The first-order valence-electron chi connectivity index (χ1n) is 14.1. The number of hydrogen-bond donors (Lipinski definition) is 0. The van der Waals surface area contributed by atoms with Gasteiger partial charge < -0.3 is 0 Å². The minimum Gasteiger partial charge on any atom is -0.299 e. The Labute approximate surface area is 204 Å². The quantitative estimate of drug-likeness (QED) is 0.353. The van der Waals surface area contributed by atoms with Crippen LogP contribution in [-0.4, -0.2) is 5.78 Å². The van der Waals surface area contributed by atoms with Crippen LogP contribution in [0.2, 0.25) is 0 Å². The van der Waals surface area contributed by atoms with E-state index in [1.807, 2.05) is 0 Å². The average molecular weight is 451 g/mol. The zero-order valence-corrected chi connectivity index (χ0v) is 22.7. The molecular weight excluding hydrogens is 400 g/mol. The number of Topliss-reactive ketones (excluding diaryl/α,β-unsaturated/α-hetero) is 1. The molecule has 4 aliphatic carbocycles. The van der Waals surface area contributed by atoms with E-state index in [1.165, 1.54) is 51.4 Å². The maximum atomic E-state index is 13.2. The number of hydrogen-bond acceptors (Lipinski definition) is 1. The fraction of sp³-hybridized carbons (Fsp3) is 0.781. The van der Waals surface area contributed by atoms with Crippen molar-refractivity contribution in [2.45, 2.75) is 113 Å². The molecule has 6 atom stereocenters. The molecule has 184 valence electrons. The molecule has 4 rings (SSSR count). The summed E-state index contributed by atoms with van der Waals surface area (Å²) in [5, 5.41) is 0. The Bertz CT molecular complexity index is 854. The topological polar surface area (TPSA) is 17.1 Å². The second kappa shape index (κ2) is 8.83. The summed E-state index contributed by atoms with van der Waals surface area (Å²) in [6.45, 7) is 20.9. The molecule has 1 fully saturated rings. The highest BCUT2D eigenvalue weighted by Crippen LogP contribution is 2.67. The number of carbonyl (C=O) groups excluding carboxylic acids is 1. The molecule has 33 heavy (non-hydrogen) atoms. The first kappa shape index (κ1) is 25.0. The number of ketones is 1. The predicted octanol–water partition coefficient (Wildman–Crippen LogP) is 9.10. The van der Waals surface area contributed by atoms with E-state index in [0.29, 0.717) is 23.0 Å². The van der Waals surface area contributed by atoms with Crippen molar-refractivity contribution in [2.75, 3.05) is 0 Å². The molecule has 0 amide bonds. The van der Waals surface area contributed by atoms with Crippen LogP contribution in [-0.2, 0) is 4.79 Å². The lowest BCUT2D eigenvalue weighted by molar-refractivity contribution is -0.144. The Morgan fingerprint density at radius 2 is 1.85 bits per heavy atom. The molecule has 4 aliphatic rings. The van der Waals surface area contributed by atoms with Gasteiger partial charge in [0.15, 0.2) is 0 Å². The van der Waals surface area contributed by atoms with Gasteiger partial charge in [-0.2, -0.15) is 0 Å². The third-order valence-electron chi connectivity index (χ3n) is 11.1. The SMILES string of the molecule is C=CCC1CC(=O)C(C)(C)[C@@H]2CCC3=C(CC[C@@]4(C)C3=CC[C@@H]4[C@H](C)CCCC(C)C)[C@@]12C. The summed E-state index contributed by atoms with van der Waals surface area (Å²) in [7, 11) is 0. The van der Waals surface area contributed by atoms with Crippen LogP contribution in [0, 0.1) is 45.8 Å².